The number of carbonyl (C=O) groups excluding carboxylic acids is 2. The zero-order chi connectivity index (χ0) is 20.5. The topological polar surface area (TPSA) is 67.4 Å². The van der Waals surface area contributed by atoms with Gasteiger partial charge in [0.05, 0.1) is 6.61 Å². The van der Waals surface area contributed by atoms with E-state index in [1.807, 2.05) is 0 Å². The first-order chi connectivity index (χ1) is 13.4. The first-order valence-electron chi connectivity index (χ1n) is 11.1. The van der Waals surface area contributed by atoms with Gasteiger partial charge < -0.3 is 15.4 Å². The smallest absolute Gasteiger partial charge is 0.223 e. The van der Waals surface area contributed by atoms with Crippen LogP contribution in [-0.4, -0.2) is 38.6 Å². The molecule has 0 aliphatic heterocycles. The fraction of sp³-hybridized carbons (Fsp3) is 0.826. The van der Waals surface area contributed by atoms with E-state index in [0.29, 0.717) is 43.2 Å². The molecule has 3 unspecified atom stereocenters. The number of carbonyl (C=O) groups is 2. The lowest BCUT2D eigenvalue weighted by Crippen LogP contribution is -2.40. The Morgan fingerprint density at radius 2 is 1.89 bits per heavy atom. The van der Waals surface area contributed by atoms with Gasteiger partial charge in [0.2, 0.25) is 11.8 Å². The van der Waals surface area contributed by atoms with Crippen molar-refractivity contribution in [3.63, 3.8) is 0 Å². The van der Waals surface area contributed by atoms with E-state index in [4.69, 9.17) is 4.74 Å². The Hall–Kier alpha value is -1.36. The van der Waals surface area contributed by atoms with Gasteiger partial charge in [0.1, 0.15) is 0 Å². The highest BCUT2D eigenvalue weighted by molar-refractivity contribution is 5.78. The van der Waals surface area contributed by atoms with Crippen LogP contribution in [0.15, 0.2) is 11.6 Å². The summed E-state index contributed by atoms with van der Waals surface area (Å²) < 4.78 is 5.00. The Balaban J connectivity index is 1.91. The van der Waals surface area contributed by atoms with Crippen molar-refractivity contribution in [2.24, 2.45) is 29.6 Å². The number of hydrogen-bond acceptors (Lipinski definition) is 3. The van der Waals surface area contributed by atoms with E-state index in [0.717, 1.165) is 25.8 Å². The summed E-state index contributed by atoms with van der Waals surface area (Å²) in [5.41, 5.74) is 1.29. The van der Waals surface area contributed by atoms with Crippen molar-refractivity contribution in [1.82, 2.24) is 10.6 Å². The molecule has 0 bridgehead atoms. The molecule has 1 fully saturated rings. The van der Waals surface area contributed by atoms with E-state index in [1.54, 1.807) is 7.11 Å². The van der Waals surface area contributed by atoms with Gasteiger partial charge in [-0.3, -0.25) is 9.59 Å². The Morgan fingerprint density at radius 3 is 2.54 bits per heavy atom. The molecule has 0 aromatic heterocycles. The molecule has 0 radical (unpaired) electrons. The lowest BCUT2D eigenvalue weighted by Gasteiger charge is -2.37. The molecule has 5 nitrogen and oxygen atoms in total. The lowest BCUT2D eigenvalue weighted by atomic mass is 9.69. The van der Waals surface area contributed by atoms with Crippen molar-refractivity contribution in [3.05, 3.63) is 11.6 Å². The molecule has 0 aromatic carbocycles. The van der Waals surface area contributed by atoms with E-state index >= 15 is 0 Å². The second-order valence-electron chi connectivity index (χ2n) is 9.04. The van der Waals surface area contributed by atoms with Crippen LogP contribution < -0.4 is 10.6 Å². The van der Waals surface area contributed by atoms with Crippen LogP contribution in [0.4, 0.5) is 0 Å². The number of methoxy groups -OCH3 is 1. The number of nitrogens with one attached hydrogen (secondary N) is 2. The zero-order valence-corrected chi connectivity index (χ0v) is 18.3. The maximum Gasteiger partial charge on any atom is 0.223 e. The van der Waals surface area contributed by atoms with Crippen LogP contribution in [0.2, 0.25) is 0 Å². The standard InChI is InChI=1S/C23H40N2O3/c1-16(2)21-13-19(14-22(26)24-10-11-28-4)17(3)12-20(21)15-25-23(27)18-8-6-5-7-9-18/h12,16,18-21H,5-11,13-15H2,1-4H3,(H,24,26)(H,25,27). The summed E-state index contributed by atoms with van der Waals surface area (Å²) in [7, 11) is 1.64. The molecule has 2 amide bonds. The van der Waals surface area contributed by atoms with Gasteiger partial charge in [-0.1, -0.05) is 44.8 Å². The Morgan fingerprint density at radius 1 is 1.18 bits per heavy atom. The highest BCUT2D eigenvalue weighted by Gasteiger charge is 2.33. The average molecular weight is 393 g/mol. The Labute approximate surface area is 171 Å². The zero-order valence-electron chi connectivity index (χ0n) is 18.3. The fourth-order valence-corrected chi connectivity index (χ4v) is 4.82. The van der Waals surface area contributed by atoms with Crippen molar-refractivity contribution in [2.45, 2.75) is 65.7 Å². The molecule has 2 aliphatic rings. The van der Waals surface area contributed by atoms with Gasteiger partial charge in [-0.15, -0.1) is 0 Å². The van der Waals surface area contributed by atoms with Crippen molar-refractivity contribution in [2.75, 3.05) is 26.8 Å². The van der Waals surface area contributed by atoms with E-state index < -0.39 is 0 Å². The van der Waals surface area contributed by atoms with Crippen molar-refractivity contribution in [1.29, 1.82) is 0 Å². The summed E-state index contributed by atoms with van der Waals surface area (Å²) in [6.07, 6.45) is 9.59. The molecule has 28 heavy (non-hydrogen) atoms. The SMILES string of the molecule is COCCNC(=O)CC1CC(C(C)C)C(CNC(=O)C2CCCCC2)C=C1C. The maximum atomic E-state index is 12.5. The van der Waals surface area contributed by atoms with Crippen molar-refractivity contribution in [3.8, 4) is 0 Å². The number of allylic oxidation sites excluding steroid dienone is 1. The van der Waals surface area contributed by atoms with Gasteiger partial charge in [-0.2, -0.15) is 0 Å². The third-order valence-corrected chi connectivity index (χ3v) is 6.63. The molecule has 2 rings (SSSR count). The normalized spacial score (nSPS) is 26.0. The van der Waals surface area contributed by atoms with Crippen LogP contribution in [-0.2, 0) is 14.3 Å². The lowest BCUT2D eigenvalue weighted by molar-refractivity contribution is -0.126. The Kier molecular flexibility index (Phi) is 9.49. The first-order valence-corrected chi connectivity index (χ1v) is 11.1. The fourth-order valence-electron chi connectivity index (χ4n) is 4.82. The highest BCUT2D eigenvalue weighted by Crippen LogP contribution is 2.38. The minimum atomic E-state index is 0.0985. The van der Waals surface area contributed by atoms with E-state index in [1.165, 1.54) is 24.8 Å². The molecule has 0 spiro atoms. The maximum absolute atomic E-state index is 12.5. The van der Waals surface area contributed by atoms with Crippen LogP contribution in [0.25, 0.3) is 0 Å². The molecule has 160 valence electrons. The Bertz CT molecular complexity index is 538. The van der Waals surface area contributed by atoms with Gasteiger partial charge in [0, 0.05) is 32.5 Å². The number of hydrogen-bond donors (Lipinski definition) is 2. The molecule has 2 N–H and O–H groups in total. The van der Waals surface area contributed by atoms with Gasteiger partial charge in [0.15, 0.2) is 0 Å². The molecular formula is C23H40N2O3. The quantitative estimate of drug-likeness (QED) is 0.464. The molecular weight excluding hydrogens is 352 g/mol. The van der Waals surface area contributed by atoms with Crippen LogP contribution in [0.1, 0.15) is 65.7 Å². The largest absolute Gasteiger partial charge is 0.383 e. The summed E-state index contributed by atoms with van der Waals surface area (Å²) in [5, 5.41) is 6.18. The molecule has 5 heteroatoms. The summed E-state index contributed by atoms with van der Waals surface area (Å²) in [6, 6.07) is 0. The minimum Gasteiger partial charge on any atom is -0.383 e. The highest BCUT2D eigenvalue weighted by atomic mass is 16.5. The summed E-state index contributed by atoms with van der Waals surface area (Å²) in [6.45, 7) is 8.48. The first kappa shape index (κ1) is 22.9. The number of amides is 2. The van der Waals surface area contributed by atoms with E-state index in [2.05, 4.69) is 37.5 Å². The summed E-state index contributed by atoms with van der Waals surface area (Å²) in [5.74, 6) is 2.23. The minimum absolute atomic E-state index is 0.0985. The van der Waals surface area contributed by atoms with Crippen LogP contribution in [0, 0.1) is 29.6 Å². The van der Waals surface area contributed by atoms with Crippen molar-refractivity contribution < 1.29 is 14.3 Å². The second kappa shape index (κ2) is 11.6. The van der Waals surface area contributed by atoms with Crippen LogP contribution >= 0.6 is 0 Å². The molecule has 0 aromatic rings. The third-order valence-electron chi connectivity index (χ3n) is 6.63. The number of rotatable bonds is 9. The molecule has 1 saturated carbocycles. The molecule has 3 atom stereocenters. The van der Waals surface area contributed by atoms with Crippen molar-refractivity contribution >= 4 is 11.8 Å². The summed E-state index contributed by atoms with van der Waals surface area (Å²) >= 11 is 0. The third kappa shape index (κ3) is 6.91. The predicted molar refractivity (Wildman–Crippen MR) is 113 cm³/mol. The molecule has 2 aliphatic carbocycles. The van der Waals surface area contributed by atoms with E-state index in [9.17, 15) is 9.59 Å². The molecule has 0 heterocycles. The van der Waals surface area contributed by atoms with Gasteiger partial charge in [-0.25, -0.2) is 0 Å². The molecule has 0 saturated heterocycles. The predicted octanol–water partition coefficient (Wildman–Crippen LogP) is 3.69. The second-order valence-corrected chi connectivity index (χ2v) is 9.04. The van der Waals surface area contributed by atoms with Crippen LogP contribution in [0.5, 0.6) is 0 Å². The van der Waals surface area contributed by atoms with Gasteiger partial charge in [0.25, 0.3) is 0 Å². The average Bonchev–Trinajstić information content (AvgIpc) is 2.68. The monoisotopic (exact) mass is 392 g/mol. The van der Waals surface area contributed by atoms with Crippen LogP contribution in [0.3, 0.4) is 0 Å². The van der Waals surface area contributed by atoms with Gasteiger partial charge >= 0.3 is 0 Å². The van der Waals surface area contributed by atoms with Gasteiger partial charge in [-0.05, 0) is 49.9 Å². The summed E-state index contributed by atoms with van der Waals surface area (Å²) in [4.78, 5) is 24.8. The number of ether oxygens (including phenoxy) is 1. The van der Waals surface area contributed by atoms with E-state index in [-0.39, 0.29) is 17.7 Å².